The van der Waals surface area contributed by atoms with Gasteiger partial charge in [0.15, 0.2) is 11.3 Å². The number of nitrogens with zero attached hydrogens (tertiary/aromatic N) is 4. The number of carbonyl (C=O) groups is 1. The minimum Gasteiger partial charge on any atom is -0.337 e. The lowest BCUT2D eigenvalue weighted by atomic mass is 10.1. The summed E-state index contributed by atoms with van der Waals surface area (Å²) in [6.45, 7) is 6.23. The fraction of sp³-hybridized carbons (Fsp3) is 0.292. The molecule has 0 radical (unpaired) electrons. The summed E-state index contributed by atoms with van der Waals surface area (Å²) in [7, 11) is 0. The van der Waals surface area contributed by atoms with Gasteiger partial charge in [0.1, 0.15) is 0 Å². The van der Waals surface area contributed by atoms with E-state index in [1.54, 1.807) is 11.3 Å². The Morgan fingerprint density at radius 3 is 2.47 bits per heavy atom. The fourth-order valence-electron chi connectivity index (χ4n) is 3.76. The number of hydrogen-bond donors (Lipinski definition) is 0. The number of amides is 1. The molecule has 30 heavy (non-hydrogen) atoms. The highest BCUT2D eigenvalue weighted by molar-refractivity contribution is 7.13. The molecule has 4 aromatic rings. The lowest BCUT2D eigenvalue weighted by Crippen LogP contribution is -2.33. The van der Waals surface area contributed by atoms with Gasteiger partial charge in [-0.2, -0.15) is 5.10 Å². The van der Waals surface area contributed by atoms with Crippen LogP contribution in [-0.2, 0) is 6.54 Å². The van der Waals surface area contributed by atoms with E-state index in [2.05, 4.69) is 42.4 Å². The zero-order valence-electron chi connectivity index (χ0n) is 17.4. The summed E-state index contributed by atoms with van der Waals surface area (Å²) in [5.74, 6) is -0.0127. The zero-order valence-corrected chi connectivity index (χ0v) is 18.2. The molecule has 0 aliphatic rings. The van der Waals surface area contributed by atoms with Gasteiger partial charge in [0.05, 0.1) is 11.9 Å². The summed E-state index contributed by atoms with van der Waals surface area (Å²) in [5, 5.41) is 7.71. The Bertz CT molecular complexity index is 1110. The molecule has 1 amide bonds. The lowest BCUT2D eigenvalue weighted by molar-refractivity contribution is 0.0750. The van der Waals surface area contributed by atoms with Crippen LogP contribution >= 0.6 is 11.3 Å². The molecule has 0 saturated carbocycles. The Morgan fingerprint density at radius 2 is 1.80 bits per heavy atom. The van der Waals surface area contributed by atoms with Gasteiger partial charge in [-0.15, -0.1) is 11.3 Å². The van der Waals surface area contributed by atoms with Crippen molar-refractivity contribution in [2.24, 2.45) is 0 Å². The second kappa shape index (κ2) is 9.22. The Balaban J connectivity index is 1.88. The molecule has 0 unspecified atom stereocenters. The van der Waals surface area contributed by atoms with Gasteiger partial charge in [-0.25, -0.2) is 9.67 Å². The van der Waals surface area contributed by atoms with Crippen LogP contribution < -0.4 is 0 Å². The SMILES string of the molecule is CCCN(CCC)C(=O)c1nn(Cc2ccccc2)c2nccc(-c3cccs3)c12. The highest BCUT2D eigenvalue weighted by Gasteiger charge is 2.25. The van der Waals surface area contributed by atoms with E-state index in [1.807, 2.05) is 46.1 Å². The van der Waals surface area contributed by atoms with E-state index in [0.29, 0.717) is 12.2 Å². The average molecular weight is 419 g/mol. The number of aromatic nitrogens is 3. The highest BCUT2D eigenvalue weighted by Crippen LogP contribution is 2.33. The van der Waals surface area contributed by atoms with Crippen LogP contribution in [-0.4, -0.2) is 38.7 Å². The van der Waals surface area contributed by atoms with E-state index < -0.39 is 0 Å². The molecule has 0 atom stereocenters. The lowest BCUT2D eigenvalue weighted by Gasteiger charge is -2.20. The second-order valence-electron chi connectivity index (χ2n) is 7.32. The maximum Gasteiger partial charge on any atom is 0.275 e. The Hall–Kier alpha value is -2.99. The zero-order chi connectivity index (χ0) is 20.9. The molecule has 0 aliphatic heterocycles. The summed E-state index contributed by atoms with van der Waals surface area (Å²) in [4.78, 5) is 21.2. The third kappa shape index (κ3) is 4.00. The third-order valence-corrected chi connectivity index (χ3v) is 5.97. The van der Waals surface area contributed by atoms with Crippen LogP contribution in [0.2, 0.25) is 0 Å². The normalized spacial score (nSPS) is 11.1. The van der Waals surface area contributed by atoms with Crippen molar-refractivity contribution in [1.82, 2.24) is 19.7 Å². The molecule has 154 valence electrons. The first-order chi connectivity index (χ1) is 14.7. The number of benzene rings is 1. The quantitative estimate of drug-likeness (QED) is 0.381. The van der Waals surface area contributed by atoms with Gasteiger partial charge in [-0.1, -0.05) is 50.2 Å². The minimum absolute atomic E-state index is 0.0127. The van der Waals surface area contributed by atoms with Gasteiger partial charge in [0.25, 0.3) is 5.91 Å². The van der Waals surface area contributed by atoms with Crippen molar-refractivity contribution in [3.8, 4) is 10.4 Å². The van der Waals surface area contributed by atoms with Crippen molar-refractivity contribution in [2.75, 3.05) is 13.1 Å². The van der Waals surface area contributed by atoms with Crippen molar-refractivity contribution < 1.29 is 4.79 Å². The van der Waals surface area contributed by atoms with E-state index in [-0.39, 0.29) is 5.91 Å². The molecule has 0 fully saturated rings. The maximum absolute atomic E-state index is 13.6. The van der Waals surface area contributed by atoms with E-state index >= 15 is 0 Å². The summed E-state index contributed by atoms with van der Waals surface area (Å²) < 4.78 is 1.87. The first-order valence-corrected chi connectivity index (χ1v) is 11.3. The smallest absolute Gasteiger partial charge is 0.275 e. The number of thiophene rings is 1. The summed E-state index contributed by atoms with van der Waals surface area (Å²) in [5.41, 5.74) is 3.40. The molecule has 4 rings (SSSR count). The molecule has 5 nitrogen and oxygen atoms in total. The highest BCUT2D eigenvalue weighted by atomic mass is 32.1. The van der Waals surface area contributed by atoms with Gasteiger partial charge >= 0.3 is 0 Å². The second-order valence-corrected chi connectivity index (χ2v) is 8.27. The summed E-state index contributed by atoms with van der Waals surface area (Å²) in [6.07, 6.45) is 3.65. The Kier molecular flexibility index (Phi) is 6.23. The molecule has 3 aromatic heterocycles. The van der Waals surface area contributed by atoms with Crippen LogP contribution in [0.5, 0.6) is 0 Å². The molecular formula is C24H26N4OS. The predicted octanol–water partition coefficient (Wildman–Crippen LogP) is 5.47. The van der Waals surface area contributed by atoms with Crippen LogP contribution in [0.15, 0.2) is 60.1 Å². The topological polar surface area (TPSA) is 51.0 Å². The van der Waals surface area contributed by atoms with E-state index in [4.69, 9.17) is 5.10 Å². The average Bonchev–Trinajstić information content (AvgIpc) is 3.43. The number of fused-ring (bicyclic) bond motifs is 1. The largest absolute Gasteiger partial charge is 0.337 e. The minimum atomic E-state index is -0.0127. The first-order valence-electron chi connectivity index (χ1n) is 10.5. The fourth-order valence-corrected chi connectivity index (χ4v) is 4.51. The van der Waals surface area contributed by atoms with Crippen molar-refractivity contribution in [1.29, 1.82) is 0 Å². The number of hydrogen-bond acceptors (Lipinski definition) is 4. The molecular weight excluding hydrogens is 392 g/mol. The van der Waals surface area contributed by atoms with Crippen LogP contribution in [0.25, 0.3) is 21.5 Å². The van der Waals surface area contributed by atoms with Gasteiger partial charge in [-0.3, -0.25) is 4.79 Å². The monoisotopic (exact) mass is 418 g/mol. The van der Waals surface area contributed by atoms with E-state index in [1.165, 1.54) is 0 Å². The number of rotatable bonds is 8. The molecule has 0 spiro atoms. The molecule has 0 N–H and O–H groups in total. The molecule has 3 heterocycles. The van der Waals surface area contributed by atoms with Gasteiger partial charge in [-0.05, 0) is 35.9 Å². The van der Waals surface area contributed by atoms with Crippen molar-refractivity contribution in [2.45, 2.75) is 33.2 Å². The van der Waals surface area contributed by atoms with Gasteiger partial charge in [0.2, 0.25) is 0 Å². The third-order valence-electron chi connectivity index (χ3n) is 5.07. The standard InChI is InChI=1S/C24H26N4OS/c1-3-14-27(15-4-2)24(29)22-21-19(20-11-8-16-30-20)12-13-25-23(21)28(26-22)17-18-9-6-5-7-10-18/h5-13,16H,3-4,14-15,17H2,1-2H3. The summed E-state index contributed by atoms with van der Waals surface area (Å²) >= 11 is 1.66. The Labute approximate surface area is 181 Å². The summed E-state index contributed by atoms with van der Waals surface area (Å²) in [6, 6.07) is 16.3. The first kappa shape index (κ1) is 20.3. The van der Waals surface area contributed by atoms with Crippen molar-refractivity contribution in [3.63, 3.8) is 0 Å². The van der Waals surface area contributed by atoms with Crippen molar-refractivity contribution >= 4 is 28.3 Å². The number of carbonyl (C=O) groups excluding carboxylic acids is 1. The van der Waals surface area contributed by atoms with Crippen LogP contribution in [0.3, 0.4) is 0 Å². The molecule has 0 saturated heterocycles. The van der Waals surface area contributed by atoms with Crippen LogP contribution in [0, 0.1) is 0 Å². The molecule has 1 aromatic carbocycles. The molecule has 6 heteroatoms. The maximum atomic E-state index is 13.6. The molecule has 0 aliphatic carbocycles. The number of pyridine rings is 1. The van der Waals surface area contributed by atoms with Crippen LogP contribution in [0.4, 0.5) is 0 Å². The Morgan fingerprint density at radius 1 is 1.03 bits per heavy atom. The van der Waals surface area contributed by atoms with Gasteiger partial charge < -0.3 is 4.90 Å². The van der Waals surface area contributed by atoms with Gasteiger partial charge in [0, 0.05) is 29.7 Å². The molecule has 0 bridgehead atoms. The van der Waals surface area contributed by atoms with E-state index in [9.17, 15) is 4.79 Å². The predicted molar refractivity (Wildman–Crippen MR) is 123 cm³/mol. The van der Waals surface area contributed by atoms with Crippen molar-refractivity contribution in [3.05, 3.63) is 71.4 Å². The van der Waals surface area contributed by atoms with Crippen LogP contribution in [0.1, 0.15) is 42.7 Å². The van der Waals surface area contributed by atoms with E-state index in [0.717, 1.165) is 53.0 Å².